The Morgan fingerprint density at radius 3 is 2.44 bits per heavy atom. The van der Waals surface area contributed by atoms with Gasteiger partial charge in [-0.2, -0.15) is 5.26 Å². The third-order valence-corrected chi connectivity index (χ3v) is 3.69. The molecule has 0 aromatic carbocycles. The van der Waals surface area contributed by atoms with E-state index in [1.165, 1.54) is 11.8 Å². The number of nitrogens with zero attached hydrogens (tertiary/aromatic N) is 2. The molecular formula is C11H17N3OS. The summed E-state index contributed by atoms with van der Waals surface area (Å²) < 4.78 is 0. The second kappa shape index (κ2) is 5.80. The predicted octanol–water partition coefficient (Wildman–Crippen LogP) is 1.30. The molecule has 0 saturated carbocycles. The Morgan fingerprint density at radius 2 is 2.06 bits per heavy atom. The fourth-order valence-electron chi connectivity index (χ4n) is 1.81. The van der Waals surface area contributed by atoms with Gasteiger partial charge >= 0.3 is 0 Å². The van der Waals surface area contributed by atoms with Gasteiger partial charge in [0.1, 0.15) is 11.6 Å². The first-order valence-corrected chi connectivity index (χ1v) is 6.55. The summed E-state index contributed by atoms with van der Waals surface area (Å²) in [5.41, 5.74) is 5.28. The molecule has 1 aliphatic heterocycles. The van der Waals surface area contributed by atoms with Crippen LogP contribution in [0.15, 0.2) is 10.6 Å². The van der Waals surface area contributed by atoms with Gasteiger partial charge in [-0.15, -0.1) is 11.8 Å². The van der Waals surface area contributed by atoms with Crippen LogP contribution in [0.4, 0.5) is 0 Å². The number of amides is 1. The van der Waals surface area contributed by atoms with Crippen LogP contribution >= 0.6 is 11.8 Å². The third kappa shape index (κ3) is 2.92. The van der Waals surface area contributed by atoms with Crippen molar-refractivity contribution in [3.05, 3.63) is 10.6 Å². The Balaban J connectivity index is 2.89. The Labute approximate surface area is 100 Å². The Kier molecular flexibility index (Phi) is 4.69. The number of nitriles is 1. The van der Waals surface area contributed by atoms with Gasteiger partial charge in [-0.1, -0.05) is 6.92 Å². The summed E-state index contributed by atoms with van der Waals surface area (Å²) >= 11 is 1.42. The van der Waals surface area contributed by atoms with E-state index in [0.29, 0.717) is 0 Å². The minimum atomic E-state index is -0.634. The zero-order chi connectivity index (χ0) is 12.1. The minimum absolute atomic E-state index is 0.0852. The zero-order valence-corrected chi connectivity index (χ0v) is 10.5. The largest absolute Gasteiger partial charge is 0.365 e. The molecule has 5 heteroatoms. The zero-order valence-electron chi connectivity index (χ0n) is 9.69. The smallest absolute Gasteiger partial charge is 0.262 e. The number of rotatable bonds is 3. The van der Waals surface area contributed by atoms with Crippen molar-refractivity contribution in [2.75, 3.05) is 19.3 Å². The molecule has 1 amide bonds. The highest BCUT2D eigenvalue weighted by Crippen LogP contribution is 2.27. The van der Waals surface area contributed by atoms with Crippen LogP contribution in [0.1, 0.15) is 19.8 Å². The average Bonchev–Trinajstić information content (AvgIpc) is 2.26. The summed E-state index contributed by atoms with van der Waals surface area (Å²) in [7, 11) is 0. The SMILES string of the molecule is CSC(=C(C#N)C(N)=O)N1CCC(C)CC1. The molecule has 2 N–H and O–H groups in total. The lowest BCUT2D eigenvalue weighted by Gasteiger charge is -2.33. The first-order valence-electron chi connectivity index (χ1n) is 5.33. The van der Waals surface area contributed by atoms with Crippen LogP contribution in [-0.2, 0) is 4.79 Å². The fourth-order valence-corrected chi connectivity index (χ4v) is 2.60. The summed E-state index contributed by atoms with van der Waals surface area (Å²) in [6.07, 6.45) is 4.07. The van der Waals surface area contributed by atoms with Gasteiger partial charge in [0, 0.05) is 13.1 Å². The normalized spacial score (nSPS) is 18.9. The fraction of sp³-hybridized carbons (Fsp3) is 0.636. The number of piperidine rings is 1. The van der Waals surface area contributed by atoms with Crippen molar-refractivity contribution in [3.63, 3.8) is 0 Å². The Morgan fingerprint density at radius 1 is 1.50 bits per heavy atom. The van der Waals surface area contributed by atoms with E-state index in [4.69, 9.17) is 11.0 Å². The molecule has 0 aromatic rings. The third-order valence-electron chi connectivity index (χ3n) is 2.84. The lowest BCUT2D eigenvalue weighted by molar-refractivity contribution is -0.114. The molecule has 0 unspecified atom stereocenters. The topological polar surface area (TPSA) is 70.1 Å². The predicted molar refractivity (Wildman–Crippen MR) is 65.3 cm³/mol. The molecule has 1 fully saturated rings. The van der Waals surface area contributed by atoms with Crippen LogP contribution in [0, 0.1) is 17.2 Å². The Hall–Kier alpha value is -1.15. The van der Waals surface area contributed by atoms with E-state index in [1.54, 1.807) is 0 Å². The summed E-state index contributed by atoms with van der Waals surface area (Å²) in [6, 6.07) is 1.90. The van der Waals surface area contributed by atoms with Gasteiger partial charge in [0.25, 0.3) is 5.91 Å². The number of nitrogens with two attached hydrogens (primary N) is 1. The number of carbonyl (C=O) groups is 1. The van der Waals surface area contributed by atoms with Crippen molar-refractivity contribution < 1.29 is 4.79 Å². The second-order valence-corrected chi connectivity index (χ2v) is 4.82. The van der Waals surface area contributed by atoms with E-state index in [2.05, 4.69) is 11.8 Å². The van der Waals surface area contributed by atoms with Crippen molar-refractivity contribution in [1.82, 2.24) is 4.90 Å². The number of likely N-dealkylation sites (tertiary alicyclic amines) is 1. The molecule has 88 valence electrons. The van der Waals surface area contributed by atoms with Gasteiger partial charge in [0.15, 0.2) is 0 Å². The molecule has 0 aliphatic carbocycles. The first kappa shape index (κ1) is 12.9. The van der Waals surface area contributed by atoms with Gasteiger partial charge < -0.3 is 10.6 Å². The molecule has 0 radical (unpaired) electrons. The highest BCUT2D eigenvalue weighted by atomic mass is 32.2. The number of primary amides is 1. The quantitative estimate of drug-likeness (QED) is 0.595. The summed E-state index contributed by atoms with van der Waals surface area (Å²) in [5.74, 6) is 0.0870. The van der Waals surface area contributed by atoms with Crippen LogP contribution in [0.2, 0.25) is 0 Å². The number of hydrogen-bond donors (Lipinski definition) is 1. The average molecular weight is 239 g/mol. The number of hydrogen-bond acceptors (Lipinski definition) is 4. The van der Waals surface area contributed by atoms with Crippen molar-refractivity contribution in [3.8, 4) is 6.07 Å². The lowest BCUT2D eigenvalue weighted by Crippen LogP contribution is -2.33. The van der Waals surface area contributed by atoms with Crippen LogP contribution < -0.4 is 5.73 Å². The van der Waals surface area contributed by atoms with E-state index in [0.717, 1.165) is 36.9 Å². The van der Waals surface area contributed by atoms with Gasteiger partial charge in [0.2, 0.25) is 0 Å². The molecule has 0 atom stereocenters. The number of thioether (sulfide) groups is 1. The first-order chi connectivity index (χ1) is 7.60. The van der Waals surface area contributed by atoms with Crippen LogP contribution in [0.5, 0.6) is 0 Å². The standard InChI is InChI=1S/C11H17N3OS/c1-8-3-5-14(6-4-8)11(16-2)9(7-12)10(13)15/h8H,3-6H2,1-2H3,(H2,13,15). The van der Waals surface area contributed by atoms with E-state index in [9.17, 15) is 4.79 Å². The molecule has 1 heterocycles. The van der Waals surface area contributed by atoms with Crippen molar-refractivity contribution in [2.45, 2.75) is 19.8 Å². The molecule has 1 aliphatic rings. The molecule has 0 spiro atoms. The molecule has 0 bridgehead atoms. The highest BCUT2D eigenvalue weighted by molar-refractivity contribution is 8.02. The number of carbonyl (C=O) groups excluding carboxylic acids is 1. The molecule has 1 rings (SSSR count). The lowest BCUT2D eigenvalue weighted by atomic mass is 9.99. The van der Waals surface area contributed by atoms with Gasteiger partial charge in [0.05, 0.1) is 5.03 Å². The molecular weight excluding hydrogens is 222 g/mol. The van der Waals surface area contributed by atoms with Crippen LogP contribution in [-0.4, -0.2) is 30.2 Å². The van der Waals surface area contributed by atoms with E-state index in [1.807, 2.05) is 12.3 Å². The maximum atomic E-state index is 11.1. The second-order valence-electron chi connectivity index (χ2n) is 4.03. The van der Waals surface area contributed by atoms with E-state index in [-0.39, 0.29) is 5.57 Å². The maximum absolute atomic E-state index is 11.1. The maximum Gasteiger partial charge on any atom is 0.262 e. The van der Waals surface area contributed by atoms with E-state index < -0.39 is 5.91 Å². The summed E-state index contributed by atoms with van der Waals surface area (Å²) in [5, 5.41) is 9.66. The molecule has 1 saturated heterocycles. The summed E-state index contributed by atoms with van der Waals surface area (Å²) in [6.45, 7) is 4.02. The van der Waals surface area contributed by atoms with Gasteiger partial charge in [-0.25, -0.2) is 0 Å². The summed E-state index contributed by atoms with van der Waals surface area (Å²) in [4.78, 5) is 13.2. The highest BCUT2D eigenvalue weighted by Gasteiger charge is 2.22. The molecule has 0 aromatic heterocycles. The van der Waals surface area contributed by atoms with Crippen LogP contribution in [0.25, 0.3) is 0 Å². The minimum Gasteiger partial charge on any atom is -0.365 e. The Bertz CT molecular complexity index is 338. The van der Waals surface area contributed by atoms with Crippen LogP contribution in [0.3, 0.4) is 0 Å². The van der Waals surface area contributed by atoms with Crippen molar-refractivity contribution >= 4 is 17.7 Å². The monoisotopic (exact) mass is 239 g/mol. The van der Waals surface area contributed by atoms with E-state index >= 15 is 0 Å². The van der Waals surface area contributed by atoms with Gasteiger partial charge in [-0.3, -0.25) is 4.79 Å². The van der Waals surface area contributed by atoms with Crippen molar-refractivity contribution in [2.24, 2.45) is 11.7 Å². The van der Waals surface area contributed by atoms with Gasteiger partial charge in [-0.05, 0) is 25.0 Å². The molecule has 4 nitrogen and oxygen atoms in total. The molecule has 16 heavy (non-hydrogen) atoms. The van der Waals surface area contributed by atoms with Crippen molar-refractivity contribution in [1.29, 1.82) is 5.26 Å².